The van der Waals surface area contributed by atoms with Gasteiger partial charge in [-0.25, -0.2) is 0 Å². The van der Waals surface area contributed by atoms with Crippen LogP contribution in [0.25, 0.3) is 10.9 Å². The first-order valence-electron chi connectivity index (χ1n) is 7.98. The summed E-state index contributed by atoms with van der Waals surface area (Å²) >= 11 is 0. The maximum atomic E-state index is 12.7. The molecular weight excluding hydrogens is 304 g/mol. The van der Waals surface area contributed by atoms with Crippen molar-refractivity contribution in [1.82, 2.24) is 19.2 Å². The number of hydrogen-bond donors (Lipinski definition) is 0. The fourth-order valence-corrected chi connectivity index (χ4v) is 3.23. The van der Waals surface area contributed by atoms with Gasteiger partial charge in [-0.05, 0) is 23.6 Å². The van der Waals surface area contributed by atoms with Crippen molar-refractivity contribution in [3.8, 4) is 0 Å². The molecule has 1 aromatic carbocycles. The lowest BCUT2D eigenvalue weighted by Crippen LogP contribution is -2.39. The van der Waals surface area contributed by atoms with Crippen LogP contribution in [0.5, 0.6) is 0 Å². The van der Waals surface area contributed by atoms with E-state index in [2.05, 4.69) is 5.10 Å². The number of aryl methyl sites for hydroxylation is 1. The second-order valence-electron chi connectivity index (χ2n) is 6.20. The summed E-state index contributed by atoms with van der Waals surface area (Å²) in [4.78, 5) is 26.2. The van der Waals surface area contributed by atoms with Crippen molar-refractivity contribution in [2.75, 3.05) is 6.54 Å². The van der Waals surface area contributed by atoms with Gasteiger partial charge in [-0.15, -0.1) is 0 Å². The standard InChI is InChI=1S/C18H18N4O2/c1-20-10-15-11-21(7-6-13(15)8-17(20)23)18(24)12-22-16-5-3-2-4-14(16)9-19-22/h2-5,8-10H,6-7,11-12H2,1H3. The molecule has 4 rings (SSSR count). The Morgan fingerprint density at radius 1 is 1.25 bits per heavy atom. The fraction of sp³-hybridized carbons (Fsp3) is 0.278. The highest BCUT2D eigenvalue weighted by molar-refractivity contribution is 5.82. The van der Waals surface area contributed by atoms with Crippen molar-refractivity contribution in [3.05, 3.63) is 64.2 Å². The molecule has 1 amide bonds. The van der Waals surface area contributed by atoms with Gasteiger partial charge in [-0.1, -0.05) is 18.2 Å². The Hall–Kier alpha value is -2.89. The molecule has 0 radical (unpaired) electrons. The van der Waals surface area contributed by atoms with Crippen LogP contribution in [0.1, 0.15) is 11.1 Å². The topological polar surface area (TPSA) is 60.1 Å². The van der Waals surface area contributed by atoms with E-state index in [0.717, 1.165) is 28.5 Å². The molecule has 122 valence electrons. The summed E-state index contributed by atoms with van der Waals surface area (Å²) in [7, 11) is 1.74. The first kappa shape index (κ1) is 14.7. The number of fused-ring (bicyclic) bond motifs is 2. The second kappa shape index (κ2) is 5.63. The molecule has 0 saturated heterocycles. The van der Waals surface area contributed by atoms with E-state index >= 15 is 0 Å². The van der Waals surface area contributed by atoms with Crippen LogP contribution in [0.2, 0.25) is 0 Å². The van der Waals surface area contributed by atoms with Crippen molar-refractivity contribution >= 4 is 16.8 Å². The van der Waals surface area contributed by atoms with Crippen LogP contribution in [0.3, 0.4) is 0 Å². The number of hydrogen-bond acceptors (Lipinski definition) is 3. The normalized spacial score (nSPS) is 14.0. The first-order valence-corrected chi connectivity index (χ1v) is 7.98. The molecule has 6 heteroatoms. The van der Waals surface area contributed by atoms with Gasteiger partial charge in [0.2, 0.25) is 5.91 Å². The highest BCUT2D eigenvalue weighted by Gasteiger charge is 2.22. The van der Waals surface area contributed by atoms with Crippen molar-refractivity contribution in [2.45, 2.75) is 19.5 Å². The Balaban J connectivity index is 1.55. The SMILES string of the molecule is Cn1cc2c(cc1=O)CCN(C(=O)Cn1ncc3ccccc31)C2. The van der Waals surface area contributed by atoms with Crippen LogP contribution < -0.4 is 5.56 Å². The monoisotopic (exact) mass is 322 g/mol. The predicted octanol–water partition coefficient (Wildman–Crippen LogP) is 1.32. The molecule has 0 unspecified atom stereocenters. The fourth-order valence-electron chi connectivity index (χ4n) is 3.23. The van der Waals surface area contributed by atoms with Gasteiger partial charge in [-0.3, -0.25) is 14.3 Å². The molecule has 1 aliphatic heterocycles. The molecule has 0 saturated carbocycles. The number of aromatic nitrogens is 3. The number of pyridine rings is 1. The molecule has 6 nitrogen and oxygen atoms in total. The van der Waals surface area contributed by atoms with E-state index in [0.29, 0.717) is 13.1 Å². The van der Waals surface area contributed by atoms with Crippen molar-refractivity contribution in [3.63, 3.8) is 0 Å². The summed E-state index contributed by atoms with van der Waals surface area (Å²) in [5.41, 5.74) is 3.05. The van der Waals surface area contributed by atoms with Crippen molar-refractivity contribution in [2.24, 2.45) is 7.05 Å². The lowest BCUT2D eigenvalue weighted by atomic mass is 10.0. The largest absolute Gasteiger partial charge is 0.336 e. The summed E-state index contributed by atoms with van der Waals surface area (Å²) in [6.45, 7) is 1.41. The maximum absolute atomic E-state index is 12.7. The molecule has 0 spiro atoms. The van der Waals surface area contributed by atoms with Gasteiger partial charge in [0.15, 0.2) is 0 Å². The van der Waals surface area contributed by atoms with Crippen molar-refractivity contribution < 1.29 is 4.79 Å². The zero-order valence-electron chi connectivity index (χ0n) is 13.5. The smallest absolute Gasteiger partial charge is 0.250 e. The molecule has 1 aliphatic rings. The predicted molar refractivity (Wildman–Crippen MR) is 90.5 cm³/mol. The molecule has 0 aliphatic carbocycles. The van der Waals surface area contributed by atoms with E-state index in [1.807, 2.05) is 35.4 Å². The van der Waals surface area contributed by atoms with Gasteiger partial charge < -0.3 is 9.47 Å². The van der Waals surface area contributed by atoms with E-state index in [1.54, 1.807) is 28.6 Å². The third kappa shape index (κ3) is 2.50. The molecule has 24 heavy (non-hydrogen) atoms. The first-order chi connectivity index (χ1) is 11.6. The Morgan fingerprint density at radius 2 is 2.08 bits per heavy atom. The lowest BCUT2D eigenvalue weighted by Gasteiger charge is -2.29. The third-order valence-electron chi connectivity index (χ3n) is 4.61. The van der Waals surface area contributed by atoms with Crippen LogP contribution in [0.4, 0.5) is 0 Å². The van der Waals surface area contributed by atoms with Gasteiger partial charge in [0.1, 0.15) is 6.54 Å². The van der Waals surface area contributed by atoms with Gasteiger partial charge >= 0.3 is 0 Å². The quantitative estimate of drug-likeness (QED) is 0.715. The molecule has 0 N–H and O–H groups in total. The van der Waals surface area contributed by atoms with E-state index in [-0.39, 0.29) is 18.0 Å². The number of carbonyl (C=O) groups excluding carboxylic acids is 1. The van der Waals surface area contributed by atoms with Gasteiger partial charge in [-0.2, -0.15) is 5.10 Å². The van der Waals surface area contributed by atoms with Crippen LogP contribution in [0.15, 0.2) is 47.5 Å². The number of benzene rings is 1. The Labute approximate surface area is 138 Å². The zero-order chi connectivity index (χ0) is 16.7. The van der Waals surface area contributed by atoms with Crippen LogP contribution in [-0.2, 0) is 31.4 Å². The van der Waals surface area contributed by atoms with E-state index in [1.165, 1.54) is 0 Å². The summed E-state index contributed by atoms with van der Waals surface area (Å²) in [6.07, 6.45) is 4.33. The molecule has 0 atom stereocenters. The molecule has 3 aromatic rings. The van der Waals surface area contributed by atoms with Gasteiger partial charge in [0.25, 0.3) is 5.56 Å². The number of rotatable bonds is 2. The molecule has 0 fully saturated rings. The minimum atomic E-state index is -0.00321. The van der Waals surface area contributed by atoms with Gasteiger partial charge in [0.05, 0.1) is 11.7 Å². The summed E-state index contributed by atoms with van der Waals surface area (Å²) in [5.74, 6) is 0.0448. The zero-order valence-corrected chi connectivity index (χ0v) is 13.5. The third-order valence-corrected chi connectivity index (χ3v) is 4.61. The maximum Gasteiger partial charge on any atom is 0.250 e. The highest BCUT2D eigenvalue weighted by atomic mass is 16.2. The number of para-hydroxylation sites is 1. The highest BCUT2D eigenvalue weighted by Crippen LogP contribution is 2.18. The number of nitrogens with zero attached hydrogens (tertiary/aromatic N) is 4. The average molecular weight is 322 g/mol. The molecular formula is C18H18N4O2. The van der Waals surface area contributed by atoms with Crippen LogP contribution in [-0.4, -0.2) is 31.7 Å². The Bertz CT molecular complexity index is 986. The van der Waals surface area contributed by atoms with E-state index in [9.17, 15) is 9.59 Å². The van der Waals surface area contributed by atoms with E-state index in [4.69, 9.17) is 0 Å². The van der Waals surface area contributed by atoms with Crippen LogP contribution >= 0.6 is 0 Å². The molecule has 0 bridgehead atoms. The number of carbonyl (C=O) groups is 1. The summed E-state index contributed by atoms with van der Waals surface area (Å²) in [5, 5.41) is 5.36. The minimum absolute atomic E-state index is 0.00321. The summed E-state index contributed by atoms with van der Waals surface area (Å²) in [6, 6.07) is 9.54. The van der Waals surface area contributed by atoms with Gasteiger partial charge in [0, 0.05) is 37.8 Å². The Morgan fingerprint density at radius 3 is 2.96 bits per heavy atom. The second-order valence-corrected chi connectivity index (χ2v) is 6.20. The molecule has 3 heterocycles. The van der Waals surface area contributed by atoms with Crippen molar-refractivity contribution in [1.29, 1.82) is 0 Å². The van der Waals surface area contributed by atoms with E-state index < -0.39 is 0 Å². The van der Waals surface area contributed by atoms with Crippen LogP contribution in [0, 0.1) is 0 Å². The number of amides is 1. The average Bonchev–Trinajstić information content (AvgIpc) is 2.99. The summed E-state index contributed by atoms with van der Waals surface area (Å²) < 4.78 is 3.31. The Kier molecular flexibility index (Phi) is 3.45. The molecule has 2 aromatic heterocycles. The minimum Gasteiger partial charge on any atom is -0.336 e. The lowest BCUT2D eigenvalue weighted by molar-refractivity contribution is -0.132.